The van der Waals surface area contributed by atoms with Crippen molar-refractivity contribution in [3.8, 4) is 0 Å². The van der Waals surface area contributed by atoms with E-state index >= 15 is 0 Å². The number of amides is 2. The molecule has 1 aliphatic heterocycles. The largest absolute Gasteiger partial charge is 0.383 e. The summed E-state index contributed by atoms with van der Waals surface area (Å²) < 4.78 is 8.89. The molecular formula is C21H25N5O3. The van der Waals surface area contributed by atoms with Crippen molar-refractivity contribution in [1.82, 2.24) is 24.3 Å². The molecular weight excluding hydrogens is 370 g/mol. The van der Waals surface area contributed by atoms with Crippen molar-refractivity contribution in [2.75, 3.05) is 26.8 Å². The van der Waals surface area contributed by atoms with Crippen LogP contribution >= 0.6 is 0 Å². The van der Waals surface area contributed by atoms with E-state index in [0.29, 0.717) is 37.5 Å². The molecule has 0 aliphatic carbocycles. The minimum Gasteiger partial charge on any atom is -0.383 e. The van der Waals surface area contributed by atoms with Crippen molar-refractivity contribution < 1.29 is 14.3 Å². The van der Waals surface area contributed by atoms with E-state index in [1.54, 1.807) is 13.3 Å². The van der Waals surface area contributed by atoms with Gasteiger partial charge in [0.25, 0.3) is 11.8 Å². The highest BCUT2D eigenvalue weighted by Gasteiger charge is 2.32. The average Bonchev–Trinajstić information content (AvgIpc) is 3.31. The molecule has 1 aromatic carbocycles. The minimum atomic E-state index is -0.233. The molecule has 0 saturated carbocycles. The number of aryl methyl sites for hydroxylation is 1. The number of imidazole rings is 1. The SMILES string of the molecule is COCCNC(=O)c1cn2c(n1)C(C)N(C(=O)c1cn(C)c3ccccc13)CC2. The number of carbonyl (C=O) groups is 2. The average molecular weight is 395 g/mol. The number of benzene rings is 1. The molecule has 0 fully saturated rings. The lowest BCUT2D eigenvalue weighted by Crippen LogP contribution is -2.41. The fourth-order valence-electron chi connectivity index (χ4n) is 3.90. The molecule has 4 rings (SSSR count). The molecule has 0 radical (unpaired) electrons. The third kappa shape index (κ3) is 3.40. The molecule has 8 heteroatoms. The summed E-state index contributed by atoms with van der Waals surface area (Å²) in [7, 11) is 3.53. The standard InChI is InChI=1S/C21H25N5O3/c1-14-19-23-17(20(27)22-8-11-29-3)13-25(19)9-10-26(14)21(28)16-12-24(2)18-7-5-4-6-15(16)18/h4-7,12-14H,8-11H2,1-3H3,(H,22,27). The van der Waals surface area contributed by atoms with Crippen LogP contribution < -0.4 is 5.32 Å². The van der Waals surface area contributed by atoms with E-state index in [1.807, 2.05) is 58.5 Å². The van der Waals surface area contributed by atoms with Crippen LogP contribution in [0.5, 0.6) is 0 Å². The lowest BCUT2D eigenvalue weighted by molar-refractivity contribution is 0.0639. The number of fused-ring (bicyclic) bond motifs is 2. The van der Waals surface area contributed by atoms with Gasteiger partial charge in [-0.3, -0.25) is 9.59 Å². The summed E-state index contributed by atoms with van der Waals surface area (Å²) in [5, 5.41) is 3.73. The number of nitrogens with zero attached hydrogens (tertiary/aromatic N) is 4. The molecule has 3 aromatic rings. The van der Waals surface area contributed by atoms with Gasteiger partial charge in [-0.25, -0.2) is 4.98 Å². The highest BCUT2D eigenvalue weighted by molar-refractivity contribution is 6.07. The first-order chi connectivity index (χ1) is 14.0. The quantitative estimate of drug-likeness (QED) is 0.670. The maximum Gasteiger partial charge on any atom is 0.271 e. The minimum absolute atomic E-state index is 0.0188. The summed E-state index contributed by atoms with van der Waals surface area (Å²) in [5.41, 5.74) is 2.08. The van der Waals surface area contributed by atoms with Gasteiger partial charge in [-0.2, -0.15) is 0 Å². The molecule has 2 amide bonds. The molecule has 0 saturated heterocycles. The second-order valence-electron chi connectivity index (χ2n) is 7.27. The van der Waals surface area contributed by atoms with Crippen LogP contribution in [0.25, 0.3) is 10.9 Å². The Bertz CT molecular complexity index is 1070. The zero-order valence-corrected chi connectivity index (χ0v) is 16.9. The Morgan fingerprint density at radius 1 is 1.24 bits per heavy atom. The maximum atomic E-state index is 13.3. The first-order valence-corrected chi connectivity index (χ1v) is 9.70. The van der Waals surface area contributed by atoms with Crippen molar-refractivity contribution in [3.63, 3.8) is 0 Å². The van der Waals surface area contributed by atoms with Crippen LogP contribution in [-0.2, 0) is 18.3 Å². The van der Waals surface area contributed by atoms with Gasteiger partial charge in [0.1, 0.15) is 11.5 Å². The molecule has 29 heavy (non-hydrogen) atoms. The molecule has 1 N–H and O–H groups in total. The molecule has 1 aliphatic rings. The van der Waals surface area contributed by atoms with Crippen LogP contribution in [-0.4, -0.2) is 57.6 Å². The molecule has 3 heterocycles. The Morgan fingerprint density at radius 2 is 2.03 bits per heavy atom. The highest BCUT2D eigenvalue weighted by atomic mass is 16.5. The van der Waals surface area contributed by atoms with Gasteiger partial charge in [-0.15, -0.1) is 0 Å². The number of nitrogens with one attached hydrogen (secondary N) is 1. The summed E-state index contributed by atoms with van der Waals surface area (Å²) in [6.45, 7) is 4.00. The van der Waals surface area contributed by atoms with Crippen molar-refractivity contribution >= 4 is 22.7 Å². The number of ether oxygens (including phenoxy) is 1. The van der Waals surface area contributed by atoms with Crippen molar-refractivity contribution in [3.05, 3.63) is 53.7 Å². The number of carbonyl (C=O) groups excluding carboxylic acids is 2. The summed E-state index contributed by atoms with van der Waals surface area (Å²) in [4.78, 5) is 32.0. The zero-order valence-electron chi connectivity index (χ0n) is 16.9. The Hall–Kier alpha value is -3.13. The van der Waals surface area contributed by atoms with Crippen LogP contribution in [0, 0.1) is 0 Å². The van der Waals surface area contributed by atoms with Crippen LogP contribution in [0.1, 0.15) is 39.6 Å². The van der Waals surface area contributed by atoms with Crippen molar-refractivity contribution in [2.24, 2.45) is 7.05 Å². The van der Waals surface area contributed by atoms with Gasteiger partial charge in [0.2, 0.25) is 0 Å². The fourth-order valence-corrected chi connectivity index (χ4v) is 3.90. The van der Waals surface area contributed by atoms with Gasteiger partial charge in [0.15, 0.2) is 0 Å². The first kappa shape index (κ1) is 19.2. The second kappa shape index (κ2) is 7.71. The molecule has 8 nitrogen and oxygen atoms in total. The second-order valence-corrected chi connectivity index (χ2v) is 7.27. The van der Waals surface area contributed by atoms with E-state index in [9.17, 15) is 9.59 Å². The van der Waals surface area contributed by atoms with Crippen LogP contribution in [0.15, 0.2) is 36.7 Å². The van der Waals surface area contributed by atoms with Crippen LogP contribution in [0.2, 0.25) is 0 Å². The fraction of sp³-hybridized carbons (Fsp3) is 0.381. The smallest absolute Gasteiger partial charge is 0.271 e. The number of aromatic nitrogens is 3. The topological polar surface area (TPSA) is 81.4 Å². The Balaban J connectivity index is 1.58. The predicted octanol–water partition coefficient (Wildman–Crippen LogP) is 1.97. The van der Waals surface area contributed by atoms with E-state index in [2.05, 4.69) is 10.3 Å². The van der Waals surface area contributed by atoms with Gasteiger partial charge in [-0.1, -0.05) is 18.2 Å². The van der Waals surface area contributed by atoms with Crippen molar-refractivity contribution in [1.29, 1.82) is 0 Å². The summed E-state index contributed by atoms with van der Waals surface area (Å²) in [5.74, 6) is 0.472. The molecule has 0 spiro atoms. The van der Waals surface area contributed by atoms with E-state index in [4.69, 9.17) is 4.74 Å². The monoisotopic (exact) mass is 395 g/mol. The summed E-state index contributed by atoms with van der Waals surface area (Å²) >= 11 is 0. The number of methoxy groups -OCH3 is 1. The predicted molar refractivity (Wildman–Crippen MR) is 109 cm³/mol. The van der Waals surface area contributed by atoms with Crippen LogP contribution in [0.4, 0.5) is 0 Å². The van der Waals surface area contributed by atoms with E-state index < -0.39 is 0 Å². The summed E-state index contributed by atoms with van der Waals surface area (Å²) in [6, 6.07) is 7.67. The molecule has 1 unspecified atom stereocenters. The van der Waals surface area contributed by atoms with Gasteiger partial charge in [0.05, 0.1) is 18.2 Å². The number of rotatable bonds is 5. The van der Waals surface area contributed by atoms with E-state index in [-0.39, 0.29) is 17.9 Å². The van der Waals surface area contributed by atoms with E-state index in [0.717, 1.165) is 16.7 Å². The number of hydrogen-bond acceptors (Lipinski definition) is 4. The summed E-state index contributed by atoms with van der Waals surface area (Å²) in [6.07, 6.45) is 3.64. The Kier molecular flexibility index (Phi) is 5.10. The molecule has 152 valence electrons. The number of hydrogen-bond donors (Lipinski definition) is 1. The van der Waals surface area contributed by atoms with Crippen molar-refractivity contribution in [2.45, 2.75) is 19.5 Å². The third-order valence-electron chi connectivity index (χ3n) is 5.44. The molecule has 1 atom stereocenters. The zero-order chi connectivity index (χ0) is 20.5. The van der Waals surface area contributed by atoms with Gasteiger partial charge in [-0.05, 0) is 13.0 Å². The normalized spacial score (nSPS) is 16.1. The van der Waals surface area contributed by atoms with Gasteiger partial charge >= 0.3 is 0 Å². The molecule has 0 bridgehead atoms. The Labute approximate surface area is 169 Å². The lowest BCUT2D eigenvalue weighted by atomic mass is 10.1. The Morgan fingerprint density at radius 3 is 2.83 bits per heavy atom. The maximum absolute atomic E-state index is 13.3. The van der Waals surface area contributed by atoms with Gasteiger partial charge < -0.3 is 24.1 Å². The van der Waals surface area contributed by atoms with E-state index in [1.165, 1.54) is 0 Å². The molecule has 2 aromatic heterocycles. The van der Waals surface area contributed by atoms with Crippen LogP contribution in [0.3, 0.4) is 0 Å². The number of para-hydroxylation sites is 1. The third-order valence-corrected chi connectivity index (χ3v) is 5.44. The highest BCUT2D eigenvalue weighted by Crippen LogP contribution is 2.29. The first-order valence-electron chi connectivity index (χ1n) is 9.70. The lowest BCUT2D eigenvalue weighted by Gasteiger charge is -2.33. The van der Waals surface area contributed by atoms with Gasteiger partial charge in [0, 0.05) is 57.1 Å².